The molecule has 0 radical (unpaired) electrons. The van der Waals surface area contributed by atoms with Gasteiger partial charge in [0.2, 0.25) is 0 Å². The SMILES string of the molecule is c1ccc(-c2c3ccc(N(c4ccccc4)c4cccc5ccccc45)cc3c(-c3ccccc3)c3ccc(N(c4ccccc4)c4cccc5ccccc45)cc23)cc1. The van der Waals surface area contributed by atoms with Gasteiger partial charge in [-0.1, -0.05) is 182 Å². The van der Waals surface area contributed by atoms with Crippen LogP contribution in [0.2, 0.25) is 0 Å². The molecule has 11 aromatic carbocycles. The van der Waals surface area contributed by atoms with E-state index in [1.54, 1.807) is 0 Å². The minimum Gasteiger partial charge on any atom is -0.310 e. The highest BCUT2D eigenvalue weighted by atomic mass is 15.1. The summed E-state index contributed by atoms with van der Waals surface area (Å²) in [5.74, 6) is 0. The third-order valence-corrected chi connectivity index (χ3v) is 11.8. The first-order chi connectivity index (χ1) is 29.8. The first-order valence-electron chi connectivity index (χ1n) is 20.6. The second-order valence-electron chi connectivity index (χ2n) is 15.3. The zero-order chi connectivity index (χ0) is 39.8. The van der Waals surface area contributed by atoms with Crippen molar-refractivity contribution < 1.29 is 0 Å². The summed E-state index contributed by atoms with van der Waals surface area (Å²) >= 11 is 0. The fourth-order valence-corrected chi connectivity index (χ4v) is 9.13. The van der Waals surface area contributed by atoms with Gasteiger partial charge in [-0.25, -0.2) is 0 Å². The summed E-state index contributed by atoms with van der Waals surface area (Å²) in [4.78, 5) is 4.82. The van der Waals surface area contributed by atoms with E-state index in [1.165, 1.54) is 65.3 Å². The van der Waals surface area contributed by atoms with Crippen molar-refractivity contribution in [3.8, 4) is 22.3 Å². The Morgan fingerprint density at radius 1 is 0.217 bits per heavy atom. The van der Waals surface area contributed by atoms with Crippen LogP contribution >= 0.6 is 0 Å². The quantitative estimate of drug-likeness (QED) is 0.142. The van der Waals surface area contributed by atoms with Crippen molar-refractivity contribution in [1.29, 1.82) is 0 Å². The van der Waals surface area contributed by atoms with Crippen molar-refractivity contribution >= 4 is 77.2 Å². The molecule has 0 spiro atoms. The fourth-order valence-electron chi connectivity index (χ4n) is 9.13. The number of para-hydroxylation sites is 2. The number of rotatable bonds is 8. The molecule has 11 aromatic rings. The maximum Gasteiger partial charge on any atom is 0.0540 e. The zero-order valence-corrected chi connectivity index (χ0v) is 33.0. The molecule has 60 heavy (non-hydrogen) atoms. The summed E-state index contributed by atoms with van der Waals surface area (Å²) in [5.41, 5.74) is 11.5. The second kappa shape index (κ2) is 15.1. The van der Waals surface area contributed by atoms with Gasteiger partial charge in [-0.05, 0) is 115 Å². The molecule has 0 aromatic heterocycles. The van der Waals surface area contributed by atoms with Gasteiger partial charge >= 0.3 is 0 Å². The zero-order valence-electron chi connectivity index (χ0n) is 33.0. The first kappa shape index (κ1) is 35.2. The van der Waals surface area contributed by atoms with Crippen molar-refractivity contribution in [1.82, 2.24) is 0 Å². The van der Waals surface area contributed by atoms with Crippen molar-refractivity contribution in [2.24, 2.45) is 0 Å². The van der Waals surface area contributed by atoms with Crippen LogP contribution in [-0.2, 0) is 0 Å². The van der Waals surface area contributed by atoms with E-state index in [9.17, 15) is 0 Å². The summed E-state index contributed by atoms with van der Waals surface area (Å²) in [7, 11) is 0. The molecule has 0 aliphatic carbocycles. The highest BCUT2D eigenvalue weighted by Crippen LogP contribution is 2.49. The number of fused-ring (bicyclic) bond motifs is 4. The molecule has 0 unspecified atom stereocenters. The van der Waals surface area contributed by atoms with Gasteiger partial charge in [0, 0.05) is 33.5 Å². The lowest BCUT2D eigenvalue weighted by atomic mass is 9.85. The van der Waals surface area contributed by atoms with E-state index in [0.717, 1.165) is 34.1 Å². The van der Waals surface area contributed by atoms with E-state index in [-0.39, 0.29) is 0 Å². The minimum atomic E-state index is 1.10. The van der Waals surface area contributed by atoms with E-state index in [2.05, 4.69) is 252 Å². The predicted octanol–water partition coefficient (Wildman–Crippen LogP) is 16.6. The highest BCUT2D eigenvalue weighted by Gasteiger charge is 2.23. The molecule has 11 rings (SSSR count). The van der Waals surface area contributed by atoms with Gasteiger partial charge in [0.25, 0.3) is 0 Å². The summed E-state index contributed by atoms with van der Waals surface area (Å²) in [6, 6.07) is 88.0. The normalized spacial score (nSPS) is 11.3. The number of hydrogen-bond donors (Lipinski definition) is 0. The van der Waals surface area contributed by atoms with Crippen LogP contribution in [0.25, 0.3) is 65.3 Å². The molecule has 0 aliphatic rings. The molecule has 282 valence electrons. The van der Waals surface area contributed by atoms with Crippen LogP contribution in [0.4, 0.5) is 34.1 Å². The van der Waals surface area contributed by atoms with Crippen LogP contribution in [0.15, 0.2) is 243 Å². The smallest absolute Gasteiger partial charge is 0.0540 e. The van der Waals surface area contributed by atoms with Crippen LogP contribution < -0.4 is 9.80 Å². The molecule has 2 heteroatoms. The Hall–Kier alpha value is -7.94. The van der Waals surface area contributed by atoms with Crippen molar-refractivity contribution in [3.63, 3.8) is 0 Å². The molecule has 0 fully saturated rings. The van der Waals surface area contributed by atoms with Gasteiger partial charge in [0.15, 0.2) is 0 Å². The lowest BCUT2D eigenvalue weighted by molar-refractivity contribution is 1.30. The lowest BCUT2D eigenvalue weighted by Gasteiger charge is -2.29. The molecule has 0 heterocycles. The largest absolute Gasteiger partial charge is 0.310 e. The molecule has 0 amide bonds. The highest BCUT2D eigenvalue weighted by molar-refractivity contribution is 6.23. The van der Waals surface area contributed by atoms with Crippen molar-refractivity contribution in [2.45, 2.75) is 0 Å². The third kappa shape index (κ3) is 6.14. The molecule has 0 saturated heterocycles. The van der Waals surface area contributed by atoms with Gasteiger partial charge in [0.05, 0.1) is 11.4 Å². The molecule has 0 aliphatic heterocycles. The van der Waals surface area contributed by atoms with Crippen LogP contribution in [0.5, 0.6) is 0 Å². The van der Waals surface area contributed by atoms with E-state index < -0.39 is 0 Å². The predicted molar refractivity (Wildman–Crippen MR) is 257 cm³/mol. The average molecular weight is 765 g/mol. The summed E-state index contributed by atoms with van der Waals surface area (Å²) in [6.07, 6.45) is 0. The monoisotopic (exact) mass is 764 g/mol. The second-order valence-corrected chi connectivity index (χ2v) is 15.3. The van der Waals surface area contributed by atoms with Gasteiger partial charge in [-0.15, -0.1) is 0 Å². The minimum absolute atomic E-state index is 1.10. The molecule has 0 bridgehead atoms. The molecule has 0 N–H and O–H groups in total. The number of nitrogens with zero attached hydrogens (tertiary/aromatic N) is 2. The van der Waals surface area contributed by atoms with Crippen molar-refractivity contribution in [3.05, 3.63) is 243 Å². The topological polar surface area (TPSA) is 6.48 Å². The maximum absolute atomic E-state index is 2.42. The first-order valence-corrected chi connectivity index (χ1v) is 20.6. The summed E-state index contributed by atoms with van der Waals surface area (Å²) in [6.45, 7) is 0. The fraction of sp³-hybridized carbons (Fsp3) is 0. The molecular formula is C58H40N2. The van der Waals surface area contributed by atoms with Crippen LogP contribution in [0.3, 0.4) is 0 Å². The Kier molecular flexibility index (Phi) is 8.87. The standard InChI is InChI=1S/C58H40N2/c1-5-21-43(22-6-1)57-51-37-35-48(60(46-29-11-4-12-30-46)56-34-18-26-42-20-14-16-32-50(42)56)40-54(51)58(44-23-7-2-8-24-44)52-38-36-47(39-53(52)57)59(45-27-9-3-10-28-45)55-33-17-25-41-19-13-15-31-49(41)55/h1-40H. The average Bonchev–Trinajstić information content (AvgIpc) is 3.32. The van der Waals surface area contributed by atoms with E-state index in [0.29, 0.717) is 0 Å². The number of benzene rings is 11. The summed E-state index contributed by atoms with van der Waals surface area (Å²) < 4.78 is 0. The molecular weight excluding hydrogens is 725 g/mol. The molecule has 2 nitrogen and oxygen atoms in total. The van der Waals surface area contributed by atoms with E-state index in [4.69, 9.17) is 0 Å². The number of anilines is 6. The van der Waals surface area contributed by atoms with Crippen molar-refractivity contribution in [2.75, 3.05) is 9.80 Å². The number of hydrogen-bond acceptors (Lipinski definition) is 2. The maximum atomic E-state index is 2.42. The Morgan fingerprint density at radius 3 is 0.983 bits per heavy atom. The van der Waals surface area contributed by atoms with E-state index in [1.807, 2.05) is 0 Å². The van der Waals surface area contributed by atoms with Gasteiger partial charge in [-0.3, -0.25) is 0 Å². The van der Waals surface area contributed by atoms with E-state index >= 15 is 0 Å². The van der Waals surface area contributed by atoms with Crippen LogP contribution in [0, 0.1) is 0 Å². The Labute approximate surface area is 350 Å². The summed E-state index contributed by atoms with van der Waals surface area (Å²) in [5, 5.41) is 9.65. The third-order valence-electron chi connectivity index (χ3n) is 11.8. The molecule has 0 saturated carbocycles. The Balaban J connectivity index is 1.23. The van der Waals surface area contributed by atoms with Crippen LogP contribution in [0.1, 0.15) is 0 Å². The Bertz CT molecular complexity index is 3070. The van der Waals surface area contributed by atoms with Gasteiger partial charge in [-0.2, -0.15) is 0 Å². The van der Waals surface area contributed by atoms with Crippen LogP contribution in [-0.4, -0.2) is 0 Å². The molecule has 0 atom stereocenters. The lowest BCUT2D eigenvalue weighted by Crippen LogP contribution is -2.11. The van der Waals surface area contributed by atoms with Gasteiger partial charge in [0.1, 0.15) is 0 Å². The Morgan fingerprint density at radius 2 is 0.567 bits per heavy atom. The van der Waals surface area contributed by atoms with Gasteiger partial charge < -0.3 is 9.80 Å².